The van der Waals surface area contributed by atoms with Gasteiger partial charge in [0.1, 0.15) is 6.10 Å². The summed E-state index contributed by atoms with van der Waals surface area (Å²) in [6.07, 6.45) is -2.96. The van der Waals surface area contributed by atoms with Crippen LogP contribution in [0.15, 0.2) is 22.7 Å². The van der Waals surface area contributed by atoms with E-state index in [4.69, 9.17) is 9.47 Å². The van der Waals surface area contributed by atoms with Gasteiger partial charge in [-0.05, 0) is 31.0 Å². The molecular weight excluding hydrogens is 432 g/mol. The highest BCUT2D eigenvalue weighted by Gasteiger charge is 2.46. The van der Waals surface area contributed by atoms with Crippen molar-refractivity contribution in [2.45, 2.75) is 55.8 Å². The summed E-state index contributed by atoms with van der Waals surface area (Å²) in [5, 5.41) is 39.0. The Kier molecular flexibility index (Phi) is 6.70. The zero-order valence-electron chi connectivity index (χ0n) is 15.4. The molecule has 0 radical (unpaired) electrons. The molecule has 1 saturated heterocycles. The molecule has 0 aromatic heterocycles. The van der Waals surface area contributed by atoms with Crippen molar-refractivity contribution in [3.8, 4) is 6.07 Å². The highest BCUT2D eigenvalue weighted by Crippen LogP contribution is 2.35. The van der Waals surface area contributed by atoms with Gasteiger partial charge in [0.25, 0.3) is 5.91 Å². The summed E-state index contributed by atoms with van der Waals surface area (Å²) in [6.45, 7) is -0.428. The smallest absolute Gasteiger partial charge is 0.259 e. The SMILES string of the molecule is COC1CC(O)C(CO)OC1C(=O)N(c1cc(Br)cc(C#N)c1)[C@H]1CC[C@@H]1O. The number of amides is 1. The van der Waals surface area contributed by atoms with Crippen molar-refractivity contribution in [3.05, 3.63) is 28.2 Å². The van der Waals surface area contributed by atoms with E-state index < -0.39 is 49.1 Å². The fourth-order valence-electron chi connectivity index (χ4n) is 3.64. The minimum absolute atomic E-state index is 0.140. The average molecular weight is 455 g/mol. The molecule has 2 aliphatic rings. The van der Waals surface area contributed by atoms with E-state index in [1.165, 1.54) is 12.0 Å². The van der Waals surface area contributed by atoms with Crippen molar-refractivity contribution in [1.82, 2.24) is 0 Å². The predicted molar refractivity (Wildman–Crippen MR) is 103 cm³/mol. The quantitative estimate of drug-likeness (QED) is 0.598. The van der Waals surface area contributed by atoms with Crippen LogP contribution in [-0.2, 0) is 14.3 Å². The minimum atomic E-state index is -1.05. The van der Waals surface area contributed by atoms with Gasteiger partial charge in [0.15, 0.2) is 6.10 Å². The Morgan fingerprint density at radius 2 is 2.11 bits per heavy atom. The number of aliphatic hydroxyl groups excluding tert-OH is 3. The first-order chi connectivity index (χ1) is 13.4. The Hall–Kier alpha value is -1.54. The van der Waals surface area contributed by atoms with Gasteiger partial charge >= 0.3 is 0 Å². The third kappa shape index (κ3) is 4.08. The normalized spacial score (nSPS) is 32.3. The molecule has 4 unspecified atom stereocenters. The Labute approximate surface area is 171 Å². The first-order valence-corrected chi connectivity index (χ1v) is 9.88. The molecule has 0 spiro atoms. The molecule has 152 valence electrons. The topological polar surface area (TPSA) is 123 Å². The number of nitrogens with zero attached hydrogens (tertiary/aromatic N) is 2. The number of carbonyl (C=O) groups excluding carboxylic acids is 1. The number of benzene rings is 1. The van der Waals surface area contributed by atoms with E-state index in [0.717, 1.165) is 0 Å². The van der Waals surface area contributed by atoms with Gasteiger partial charge < -0.3 is 29.7 Å². The number of anilines is 1. The number of hydrogen-bond acceptors (Lipinski definition) is 7. The van der Waals surface area contributed by atoms with Crippen molar-refractivity contribution in [1.29, 1.82) is 5.26 Å². The molecule has 1 amide bonds. The van der Waals surface area contributed by atoms with Crippen LogP contribution in [0.5, 0.6) is 0 Å². The molecule has 28 heavy (non-hydrogen) atoms. The van der Waals surface area contributed by atoms with Gasteiger partial charge in [0, 0.05) is 23.7 Å². The number of ether oxygens (including phenoxy) is 2. The van der Waals surface area contributed by atoms with E-state index in [1.54, 1.807) is 18.2 Å². The maximum atomic E-state index is 13.5. The van der Waals surface area contributed by atoms with Crippen molar-refractivity contribution in [2.75, 3.05) is 18.6 Å². The third-order valence-electron chi connectivity index (χ3n) is 5.35. The Morgan fingerprint density at radius 1 is 1.36 bits per heavy atom. The number of rotatable bonds is 5. The lowest BCUT2D eigenvalue weighted by molar-refractivity contribution is -0.191. The summed E-state index contributed by atoms with van der Waals surface area (Å²) in [6, 6.07) is 6.52. The van der Waals surface area contributed by atoms with E-state index in [0.29, 0.717) is 28.6 Å². The van der Waals surface area contributed by atoms with Crippen LogP contribution in [0.4, 0.5) is 5.69 Å². The van der Waals surface area contributed by atoms with Gasteiger partial charge in [-0.25, -0.2) is 0 Å². The Balaban J connectivity index is 1.97. The molecule has 0 bridgehead atoms. The first-order valence-electron chi connectivity index (χ1n) is 9.08. The number of aliphatic hydroxyl groups is 3. The van der Waals surface area contributed by atoms with E-state index in [1.807, 2.05) is 0 Å². The first kappa shape index (κ1) is 21.2. The minimum Gasteiger partial charge on any atom is -0.394 e. The fraction of sp³-hybridized carbons (Fsp3) is 0.579. The molecule has 8 nitrogen and oxygen atoms in total. The molecule has 3 N–H and O–H groups in total. The lowest BCUT2D eigenvalue weighted by Gasteiger charge is -2.45. The van der Waals surface area contributed by atoms with Crippen LogP contribution in [0.25, 0.3) is 0 Å². The third-order valence-corrected chi connectivity index (χ3v) is 5.81. The molecule has 6 atom stereocenters. The second-order valence-corrected chi connectivity index (χ2v) is 8.00. The molecule has 1 aliphatic carbocycles. The summed E-state index contributed by atoms with van der Waals surface area (Å²) in [4.78, 5) is 14.9. The lowest BCUT2D eigenvalue weighted by Crippen LogP contribution is -2.61. The molecule has 9 heteroatoms. The van der Waals surface area contributed by atoms with Crippen molar-refractivity contribution in [2.24, 2.45) is 0 Å². The Morgan fingerprint density at radius 3 is 2.64 bits per heavy atom. The van der Waals surface area contributed by atoms with Crippen LogP contribution in [0.2, 0.25) is 0 Å². The molecule has 1 heterocycles. The van der Waals surface area contributed by atoms with Gasteiger partial charge in [-0.1, -0.05) is 15.9 Å². The fourth-order valence-corrected chi connectivity index (χ4v) is 4.13. The summed E-state index contributed by atoms with van der Waals surface area (Å²) in [5.74, 6) is -0.442. The van der Waals surface area contributed by atoms with Crippen LogP contribution >= 0.6 is 15.9 Å². The number of hydrogen-bond donors (Lipinski definition) is 3. The molecule has 1 aliphatic heterocycles. The highest BCUT2D eigenvalue weighted by molar-refractivity contribution is 9.10. The van der Waals surface area contributed by atoms with E-state index in [2.05, 4.69) is 22.0 Å². The van der Waals surface area contributed by atoms with Crippen LogP contribution in [-0.4, -0.2) is 71.5 Å². The maximum absolute atomic E-state index is 13.5. The van der Waals surface area contributed by atoms with Crippen LogP contribution in [0.3, 0.4) is 0 Å². The van der Waals surface area contributed by atoms with Gasteiger partial charge in [0.2, 0.25) is 0 Å². The molecule has 3 rings (SSSR count). The lowest BCUT2D eigenvalue weighted by atomic mass is 9.86. The molecular formula is C19H23BrN2O6. The maximum Gasteiger partial charge on any atom is 0.259 e. The van der Waals surface area contributed by atoms with Crippen molar-refractivity contribution in [3.63, 3.8) is 0 Å². The van der Waals surface area contributed by atoms with Gasteiger partial charge in [-0.2, -0.15) is 5.26 Å². The van der Waals surface area contributed by atoms with Crippen molar-refractivity contribution >= 4 is 27.5 Å². The van der Waals surface area contributed by atoms with Crippen molar-refractivity contribution < 1.29 is 29.6 Å². The van der Waals surface area contributed by atoms with E-state index in [-0.39, 0.29) is 6.42 Å². The number of halogens is 1. The molecule has 2 fully saturated rings. The summed E-state index contributed by atoms with van der Waals surface area (Å²) < 4.78 is 11.7. The molecule has 1 aromatic carbocycles. The average Bonchev–Trinajstić information content (AvgIpc) is 2.69. The highest BCUT2D eigenvalue weighted by atomic mass is 79.9. The van der Waals surface area contributed by atoms with Crippen LogP contribution in [0, 0.1) is 11.3 Å². The van der Waals surface area contributed by atoms with Gasteiger partial charge in [-0.3, -0.25) is 4.79 Å². The summed E-state index contributed by atoms with van der Waals surface area (Å²) in [5.41, 5.74) is 0.831. The number of carbonyl (C=O) groups is 1. The number of nitriles is 1. The Bertz CT molecular complexity index is 769. The second kappa shape index (κ2) is 8.86. The second-order valence-electron chi connectivity index (χ2n) is 7.09. The number of methoxy groups -OCH3 is 1. The molecule has 1 saturated carbocycles. The monoisotopic (exact) mass is 454 g/mol. The zero-order chi connectivity index (χ0) is 20.4. The van der Waals surface area contributed by atoms with Gasteiger partial charge in [0.05, 0.1) is 42.6 Å². The zero-order valence-corrected chi connectivity index (χ0v) is 16.9. The van der Waals surface area contributed by atoms with E-state index >= 15 is 0 Å². The van der Waals surface area contributed by atoms with Crippen LogP contribution in [0.1, 0.15) is 24.8 Å². The van der Waals surface area contributed by atoms with E-state index in [9.17, 15) is 25.4 Å². The predicted octanol–water partition coefficient (Wildman–Crippen LogP) is 0.703. The van der Waals surface area contributed by atoms with Crippen LogP contribution < -0.4 is 4.90 Å². The summed E-state index contributed by atoms with van der Waals surface area (Å²) >= 11 is 3.35. The van der Waals surface area contributed by atoms with Gasteiger partial charge in [-0.15, -0.1) is 0 Å². The largest absolute Gasteiger partial charge is 0.394 e. The molecule has 1 aromatic rings. The standard InChI is InChI=1S/C19H23BrN2O6/c1-27-16-7-15(25)17(9-23)28-18(16)19(26)22(13-2-3-14(13)24)12-5-10(8-21)4-11(20)6-12/h4-6,13-18,23-25H,2-3,7,9H2,1H3/t13-,14-,15?,16?,17?,18?/m0/s1. The summed E-state index contributed by atoms with van der Waals surface area (Å²) in [7, 11) is 1.43.